The van der Waals surface area contributed by atoms with E-state index in [1.54, 1.807) is 24.3 Å². The predicted molar refractivity (Wildman–Crippen MR) is 93.9 cm³/mol. The lowest BCUT2D eigenvalue weighted by molar-refractivity contribution is 0.0891. The standard InChI is InChI=1S/C21H12O6/c1-27-21-15(17(23)11-7-3-5-9-13(11)19(21)25)14-16(22)10-6-2-4-8-12(10)18(24)20(14)26/h2-9,26H,1H3. The normalized spacial score (nSPS) is 16.5. The minimum atomic E-state index is -0.871. The van der Waals surface area contributed by atoms with E-state index in [1.165, 1.54) is 31.4 Å². The summed E-state index contributed by atoms with van der Waals surface area (Å²) < 4.78 is 5.12. The molecule has 6 nitrogen and oxygen atoms in total. The van der Waals surface area contributed by atoms with Crippen molar-refractivity contribution in [1.82, 2.24) is 0 Å². The highest BCUT2D eigenvalue weighted by atomic mass is 16.5. The zero-order valence-corrected chi connectivity index (χ0v) is 14.1. The number of carbonyl (C=O) groups is 4. The van der Waals surface area contributed by atoms with Crippen LogP contribution in [0.5, 0.6) is 0 Å². The van der Waals surface area contributed by atoms with Gasteiger partial charge in [-0.25, -0.2) is 0 Å². The molecule has 0 fully saturated rings. The first-order chi connectivity index (χ1) is 13.0. The highest BCUT2D eigenvalue weighted by molar-refractivity contribution is 6.36. The molecule has 0 atom stereocenters. The maximum atomic E-state index is 13.0. The Morgan fingerprint density at radius 3 is 1.52 bits per heavy atom. The number of hydrogen-bond donors (Lipinski definition) is 1. The minimum Gasteiger partial charge on any atom is -0.504 e. The predicted octanol–water partition coefficient (Wildman–Crippen LogP) is 2.86. The van der Waals surface area contributed by atoms with E-state index in [0.717, 1.165) is 0 Å². The number of fused-ring (bicyclic) bond motifs is 2. The fourth-order valence-electron chi connectivity index (χ4n) is 3.37. The van der Waals surface area contributed by atoms with Crippen LogP contribution in [0.2, 0.25) is 0 Å². The van der Waals surface area contributed by atoms with Crippen molar-refractivity contribution in [1.29, 1.82) is 0 Å². The second kappa shape index (κ2) is 5.88. The molecular formula is C21H12O6. The molecule has 0 bridgehead atoms. The molecule has 0 saturated heterocycles. The molecule has 2 aromatic carbocycles. The highest BCUT2D eigenvalue weighted by Crippen LogP contribution is 2.36. The van der Waals surface area contributed by atoms with Crippen LogP contribution in [-0.4, -0.2) is 35.3 Å². The number of carbonyl (C=O) groups excluding carboxylic acids is 4. The number of aliphatic hydroxyl groups is 1. The van der Waals surface area contributed by atoms with Gasteiger partial charge in [-0.3, -0.25) is 19.2 Å². The Balaban J connectivity index is 2.01. The summed E-state index contributed by atoms with van der Waals surface area (Å²) in [5.74, 6) is -4.01. The average Bonchev–Trinajstić information content (AvgIpc) is 2.70. The summed E-state index contributed by atoms with van der Waals surface area (Å²) in [6.45, 7) is 0. The van der Waals surface area contributed by atoms with E-state index in [0.29, 0.717) is 0 Å². The van der Waals surface area contributed by atoms with Crippen LogP contribution in [0.4, 0.5) is 0 Å². The molecule has 2 aliphatic rings. The van der Waals surface area contributed by atoms with Gasteiger partial charge in [-0.2, -0.15) is 0 Å². The molecule has 2 aromatic rings. The second-order valence-corrected chi connectivity index (χ2v) is 6.04. The first-order valence-electron chi connectivity index (χ1n) is 8.06. The first kappa shape index (κ1) is 16.7. The summed E-state index contributed by atoms with van der Waals surface area (Å²) in [4.78, 5) is 51.3. The maximum absolute atomic E-state index is 13.0. The molecular weight excluding hydrogens is 348 g/mol. The Hall–Kier alpha value is -3.80. The number of rotatable bonds is 2. The van der Waals surface area contributed by atoms with Crippen LogP contribution in [0.15, 0.2) is 71.2 Å². The fourth-order valence-corrected chi connectivity index (χ4v) is 3.37. The monoisotopic (exact) mass is 360 g/mol. The van der Waals surface area contributed by atoms with Gasteiger partial charge in [-0.1, -0.05) is 48.5 Å². The lowest BCUT2D eigenvalue weighted by atomic mass is 9.78. The molecule has 0 heterocycles. The molecule has 27 heavy (non-hydrogen) atoms. The van der Waals surface area contributed by atoms with E-state index in [9.17, 15) is 24.3 Å². The van der Waals surface area contributed by atoms with Crippen LogP contribution in [0, 0.1) is 0 Å². The number of ketones is 4. The number of ether oxygens (including phenoxy) is 1. The molecule has 0 saturated carbocycles. The Morgan fingerprint density at radius 1 is 0.630 bits per heavy atom. The number of methoxy groups -OCH3 is 1. The van der Waals surface area contributed by atoms with Gasteiger partial charge in [-0.15, -0.1) is 0 Å². The van der Waals surface area contributed by atoms with Crippen molar-refractivity contribution in [3.05, 3.63) is 93.4 Å². The van der Waals surface area contributed by atoms with Crippen LogP contribution in [-0.2, 0) is 4.74 Å². The van der Waals surface area contributed by atoms with Gasteiger partial charge in [0.1, 0.15) is 0 Å². The molecule has 0 aromatic heterocycles. The molecule has 6 heteroatoms. The molecule has 0 spiro atoms. The van der Waals surface area contributed by atoms with Crippen LogP contribution < -0.4 is 0 Å². The largest absolute Gasteiger partial charge is 0.504 e. The molecule has 1 N–H and O–H groups in total. The Bertz CT molecular complexity index is 1130. The summed E-state index contributed by atoms with van der Waals surface area (Å²) in [6, 6.07) is 12.1. The lowest BCUT2D eigenvalue weighted by Gasteiger charge is -2.24. The van der Waals surface area contributed by atoms with Gasteiger partial charge in [0, 0.05) is 22.3 Å². The third kappa shape index (κ3) is 2.20. The summed E-state index contributed by atoms with van der Waals surface area (Å²) in [5, 5.41) is 10.4. The number of allylic oxidation sites excluding steroid dienone is 4. The molecule has 4 rings (SSSR count). The van der Waals surface area contributed by atoms with E-state index in [-0.39, 0.29) is 28.0 Å². The molecule has 132 valence electrons. The van der Waals surface area contributed by atoms with Crippen LogP contribution in [0.1, 0.15) is 41.4 Å². The van der Waals surface area contributed by atoms with Crippen LogP contribution in [0.3, 0.4) is 0 Å². The smallest absolute Gasteiger partial charge is 0.229 e. The van der Waals surface area contributed by atoms with Gasteiger partial charge < -0.3 is 9.84 Å². The summed E-state index contributed by atoms with van der Waals surface area (Å²) in [7, 11) is 1.19. The van der Waals surface area contributed by atoms with E-state index in [1.807, 2.05) is 0 Å². The zero-order valence-electron chi connectivity index (χ0n) is 14.1. The Labute approximate surface area is 153 Å². The van der Waals surface area contributed by atoms with Crippen LogP contribution >= 0.6 is 0 Å². The van der Waals surface area contributed by atoms with Crippen molar-refractivity contribution < 1.29 is 29.0 Å². The molecule has 0 amide bonds. The topological polar surface area (TPSA) is 97.7 Å². The first-order valence-corrected chi connectivity index (χ1v) is 8.06. The summed E-state index contributed by atoms with van der Waals surface area (Å²) >= 11 is 0. The Morgan fingerprint density at radius 2 is 1.04 bits per heavy atom. The second-order valence-electron chi connectivity index (χ2n) is 6.04. The number of hydrogen-bond acceptors (Lipinski definition) is 6. The lowest BCUT2D eigenvalue weighted by Crippen LogP contribution is -2.30. The third-order valence-electron chi connectivity index (χ3n) is 4.63. The highest BCUT2D eigenvalue weighted by Gasteiger charge is 2.42. The SMILES string of the molecule is COC1=C(C2=C(O)C(=O)c3ccccc3C2=O)C(=O)c2ccccc2C1=O. The quantitative estimate of drug-likeness (QED) is 0.884. The summed E-state index contributed by atoms with van der Waals surface area (Å²) in [6.07, 6.45) is 0. The van der Waals surface area contributed by atoms with E-state index < -0.39 is 40.0 Å². The van der Waals surface area contributed by atoms with E-state index in [4.69, 9.17) is 4.74 Å². The average molecular weight is 360 g/mol. The minimum absolute atomic E-state index is 0.0401. The third-order valence-corrected chi connectivity index (χ3v) is 4.63. The van der Waals surface area contributed by atoms with Gasteiger partial charge in [0.2, 0.25) is 11.6 Å². The molecule has 2 aliphatic carbocycles. The van der Waals surface area contributed by atoms with Gasteiger partial charge in [0.15, 0.2) is 23.1 Å². The van der Waals surface area contributed by atoms with Gasteiger partial charge in [-0.05, 0) is 0 Å². The van der Waals surface area contributed by atoms with Crippen molar-refractivity contribution in [3.63, 3.8) is 0 Å². The zero-order chi connectivity index (χ0) is 19.3. The van der Waals surface area contributed by atoms with Gasteiger partial charge in [0.25, 0.3) is 0 Å². The van der Waals surface area contributed by atoms with E-state index >= 15 is 0 Å². The number of aliphatic hydroxyl groups excluding tert-OH is 1. The van der Waals surface area contributed by atoms with Crippen LogP contribution in [0.25, 0.3) is 0 Å². The number of benzene rings is 2. The van der Waals surface area contributed by atoms with Crippen molar-refractivity contribution in [2.24, 2.45) is 0 Å². The van der Waals surface area contributed by atoms with Crippen molar-refractivity contribution in [2.45, 2.75) is 0 Å². The van der Waals surface area contributed by atoms with Gasteiger partial charge >= 0.3 is 0 Å². The number of Topliss-reactive ketones (excluding diaryl/α,β-unsaturated/α-hetero) is 4. The van der Waals surface area contributed by atoms with E-state index in [2.05, 4.69) is 0 Å². The molecule has 0 radical (unpaired) electrons. The van der Waals surface area contributed by atoms with Crippen molar-refractivity contribution >= 4 is 23.1 Å². The van der Waals surface area contributed by atoms with Gasteiger partial charge in [0.05, 0.1) is 18.3 Å². The molecule has 0 aliphatic heterocycles. The molecule has 0 unspecified atom stereocenters. The summed E-state index contributed by atoms with van der Waals surface area (Å²) in [5.41, 5.74) is -0.596. The van der Waals surface area contributed by atoms with Crippen molar-refractivity contribution in [2.75, 3.05) is 7.11 Å². The maximum Gasteiger partial charge on any atom is 0.229 e. The van der Waals surface area contributed by atoms with Crippen molar-refractivity contribution in [3.8, 4) is 0 Å². The Kier molecular flexibility index (Phi) is 3.63. The fraction of sp³-hybridized carbons (Fsp3) is 0.0476.